The molecule has 0 radical (unpaired) electrons. The number of halogens is 3. The zero-order chi connectivity index (χ0) is 17.0. The van der Waals surface area contributed by atoms with Gasteiger partial charge >= 0.3 is 12.1 Å². The lowest BCUT2D eigenvalue weighted by molar-refractivity contribution is -0.167. The number of nitrogens with one attached hydrogen (secondary N) is 3. The predicted octanol–water partition coefficient (Wildman–Crippen LogP) is 1.52. The van der Waals surface area contributed by atoms with Gasteiger partial charge in [0, 0.05) is 6.07 Å². The quantitative estimate of drug-likeness (QED) is 0.795. The third-order valence-corrected chi connectivity index (χ3v) is 2.59. The Kier molecular flexibility index (Phi) is 4.44. The molecule has 0 unspecified atom stereocenters. The number of aromatic nitrogens is 2. The number of hydrogen-bond acceptors (Lipinski definition) is 4. The summed E-state index contributed by atoms with van der Waals surface area (Å²) in [6, 6.07) is 7.55. The van der Waals surface area contributed by atoms with Crippen molar-refractivity contribution in [1.29, 1.82) is 0 Å². The number of benzene rings is 1. The number of H-pyrrole nitrogens is 1. The Morgan fingerprint density at radius 1 is 1.00 bits per heavy atom. The second-order valence-corrected chi connectivity index (χ2v) is 4.26. The van der Waals surface area contributed by atoms with Gasteiger partial charge in [0.25, 0.3) is 11.5 Å². The maximum absolute atomic E-state index is 12.3. The van der Waals surface area contributed by atoms with E-state index in [0.29, 0.717) is 0 Å². The van der Waals surface area contributed by atoms with Crippen molar-refractivity contribution < 1.29 is 22.8 Å². The normalized spacial score (nSPS) is 10.9. The molecule has 3 N–H and O–H groups in total. The standard InChI is InChI=1S/C13H9F3N4O3/c14-13(15,16)12(23)18-8-4-2-1-3-7(8)17-11(22)9-5-6-10(21)20-19-9/h1-6H,(H,17,22)(H,18,23)(H,20,21). The largest absolute Gasteiger partial charge is 0.471 e. The number of nitrogens with zero attached hydrogens (tertiary/aromatic N) is 1. The lowest BCUT2D eigenvalue weighted by Crippen LogP contribution is -2.30. The van der Waals surface area contributed by atoms with Crippen molar-refractivity contribution in [1.82, 2.24) is 10.2 Å². The van der Waals surface area contributed by atoms with Crippen LogP contribution in [0.3, 0.4) is 0 Å². The van der Waals surface area contributed by atoms with E-state index in [9.17, 15) is 27.6 Å². The second kappa shape index (κ2) is 6.30. The van der Waals surface area contributed by atoms with Crippen LogP contribution in [0.15, 0.2) is 41.2 Å². The van der Waals surface area contributed by atoms with Gasteiger partial charge in [-0.25, -0.2) is 5.10 Å². The minimum absolute atomic E-state index is 0.0527. The number of alkyl halides is 3. The Morgan fingerprint density at radius 3 is 2.13 bits per heavy atom. The minimum atomic E-state index is -5.06. The topological polar surface area (TPSA) is 104 Å². The summed E-state index contributed by atoms with van der Waals surface area (Å²) in [7, 11) is 0. The molecule has 0 aliphatic carbocycles. The highest BCUT2D eigenvalue weighted by Crippen LogP contribution is 2.24. The summed E-state index contributed by atoms with van der Waals surface area (Å²) in [6.45, 7) is 0. The van der Waals surface area contributed by atoms with Crippen LogP contribution < -0.4 is 16.2 Å². The average molecular weight is 326 g/mol. The van der Waals surface area contributed by atoms with Crippen molar-refractivity contribution in [3.63, 3.8) is 0 Å². The van der Waals surface area contributed by atoms with Crippen molar-refractivity contribution in [2.24, 2.45) is 0 Å². The molecule has 0 fully saturated rings. The van der Waals surface area contributed by atoms with E-state index >= 15 is 0 Å². The highest BCUT2D eigenvalue weighted by molar-refractivity contribution is 6.06. The van der Waals surface area contributed by atoms with E-state index in [-0.39, 0.29) is 17.1 Å². The molecule has 0 saturated carbocycles. The second-order valence-electron chi connectivity index (χ2n) is 4.26. The van der Waals surface area contributed by atoms with Crippen LogP contribution in [0.1, 0.15) is 10.5 Å². The number of anilines is 2. The van der Waals surface area contributed by atoms with Crippen molar-refractivity contribution >= 4 is 23.2 Å². The van der Waals surface area contributed by atoms with E-state index in [4.69, 9.17) is 0 Å². The Balaban J connectivity index is 2.20. The van der Waals surface area contributed by atoms with Gasteiger partial charge in [-0.05, 0) is 18.2 Å². The molecule has 7 nitrogen and oxygen atoms in total. The first-order valence-electron chi connectivity index (χ1n) is 6.11. The van der Waals surface area contributed by atoms with Crippen LogP contribution in [0, 0.1) is 0 Å². The summed E-state index contributed by atoms with van der Waals surface area (Å²) >= 11 is 0. The molecule has 1 aromatic heterocycles. The molecule has 0 spiro atoms. The number of amides is 2. The molecule has 2 amide bonds. The third-order valence-electron chi connectivity index (χ3n) is 2.59. The van der Waals surface area contributed by atoms with E-state index in [2.05, 4.69) is 10.4 Å². The van der Waals surface area contributed by atoms with Crippen LogP contribution in [0.2, 0.25) is 0 Å². The number of carbonyl (C=O) groups is 2. The number of hydrogen-bond donors (Lipinski definition) is 3. The molecule has 23 heavy (non-hydrogen) atoms. The summed E-state index contributed by atoms with van der Waals surface area (Å²) in [6.07, 6.45) is -5.06. The molecule has 0 aliphatic heterocycles. The van der Waals surface area contributed by atoms with E-state index in [0.717, 1.165) is 12.1 Å². The summed E-state index contributed by atoms with van der Waals surface area (Å²) in [4.78, 5) is 33.8. The van der Waals surface area contributed by atoms with Gasteiger partial charge in [0.15, 0.2) is 0 Å². The number of aromatic amines is 1. The first-order valence-corrected chi connectivity index (χ1v) is 6.11. The van der Waals surface area contributed by atoms with Crippen LogP contribution in [-0.2, 0) is 4.79 Å². The minimum Gasteiger partial charge on any atom is -0.319 e. The predicted molar refractivity (Wildman–Crippen MR) is 73.9 cm³/mol. The molecule has 1 aromatic carbocycles. The van der Waals surface area contributed by atoms with Crippen LogP contribution in [0.25, 0.3) is 0 Å². The molecule has 10 heteroatoms. The van der Waals surface area contributed by atoms with E-state index in [1.165, 1.54) is 24.3 Å². The number of carbonyl (C=O) groups excluding carboxylic acids is 2. The van der Waals surface area contributed by atoms with Gasteiger partial charge in [-0.3, -0.25) is 14.4 Å². The Hall–Kier alpha value is -3.17. The molecular formula is C13H9F3N4O3. The fourth-order valence-electron chi connectivity index (χ4n) is 1.55. The molecule has 0 atom stereocenters. The van der Waals surface area contributed by atoms with E-state index in [1.807, 2.05) is 5.10 Å². The molecule has 0 bridgehead atoms. The zero-order valence-electron chi connectivity index (χ0n) is 11.3. The Labute approximate surface area is 126 Å². The van der Waals surface area contributed by atoms with Crippen LogP contribution in [0.4, 0.5) is 24.5 Å². The third kappa shape index (κ3) is 4.15. The average Bonchev–Trinajstić information content (AvgIpc) is 2.48. The van der Waals surface area contributed by atoms with Crippen LogP contribution in [0.5, 0.6) is 0 Å². The molecule has 2 rings (SSSR count). The Morgan fingerprint density at radius 2 is 1.61 bits per heavy atom. The van der Waals surface area contributed by atoms with Crippen LogP contribution >= 0.6 is 0 Å². The SMILES string of the molecule is O=C(Nc1ccccc1NC(=O)C(F)(F)F)c1ccc(=O)[nH]n1. The van der Waals surface area contributed by atoms with E-state index in [1.54, 1.807) is 5.32 Å². The molecule has 0 saturated heterocycles. The maximum Gasteiger partial charge on any atom is 0.471 e. The number of para-hydroxylation sites is 2. The van der Waals surface area contributed by atoms with Crippen molar-refractivity contribution in [3.8, 4) is 0 Å². The van der Waals surface area contributed by atoms with Gasteiger partial charge < -0.3 is 10.6 Å². The molecule has 120 valence electrons. The van der Waals surface area contributed by atoms with Gasteiger partial charge in [-0.1, -0.05) is 12.1 Å². The van der Waals surface area contributed by atoms with Gasteiger partial charge in [-0.2, -0.15) is 18.3 Å². The summed E-state index contributed by atoms with van der Waals surface area (Å²) in [5.74, 6) is -2.93. The fourth-order valence-corrected chi connectivity index (χ4v) is 1.55. The van der Waals surface area contributed by atoms with Crippen molar-refractivity contribution in [2.45, 2.75) is 6.18 Å². The zero-order valence-corrected chi connectivity index (χ0v) is 11.3. The summed E-state index contributed by atoms with van der Waals surface area (Å²) in [5, 5.41) is 9.49. The lowest BCUT2D eigenvalue weighted by atomic mass is 10.2. The molecule has 0 aliphatic rings. The number of rotatable bonds is 3. The Bertz CT molecular complexity index is 781. The van der Waals surface area contributed by atoms with Crippen LogP contribution in [-0.4, -0.2) is 28.2 Å². The summed E-state index contributed by atoms with van der Waals surface area (Å²) < 4.78 is 36.9. The van der Waals surface area contributed by atoms with Gasteiger partial charge in [0.1, 0.15) is 5.69 Å². The highest BCUT2D eigenvalue weighted by atomic mass is 19.4. The lowest BCUT2D eigenvalue weighted by Gasteiger charge is -2.13. The molecular weight excluding hydrogens is 317 g/mol. The van der Waals surface area contributed by atoms with E-state index < -0.39 is 23.5 Å². The summed E-state index contributed by atoms with van der Waals surface area (Å²) in [5.41, 5.74) is -0.948. The van der Waals surface area contributed by atoms with Gasteiger partial charge in [0.05, 0.1) is 11.4 Å². The monoisotopic (exact) mass is 326 g/mol. The van der Waals surface area contributed by atoms with Crippen molar-refractivity contribution in [3.05, 3.63) is 52.4 Å². The molecule has 2 aromatic rings. The smallest absolute Gasteiger partial charge is 0.319 e. The maximum atomic E-state index is 12.3. The first-order chi connectivity index (χ1) is 10.8. The van der Waals surface area contributed by atoms with Crippen molar-refractivity contribution in [2.75, 3.05) is 10.6 Å². The first kappa shape index (κ1) is 16.2. The highest BCUT2D eigenvalue weighted by Gasteiger charge is 2.39. The fraction of sp³-hybridized carbons (Fsp3) is 0.0769. The van der Waals surface area contributed by atoms with Gasteiger partial charge in [0.2, 0.25) is 0 Å². The molecule has 1 heterocycles. The van der Waals surface area contributed by atoms with Gasteiger partial charge in [-0.15, -0.1) is 0 Å².